The number of rotatable bonds is 4. The number of hydrogen-bond acceptors (Lipinski definition) is 2. The number of ether oxygens (including phenoxy) is 1. The molecule has 0 spiro atoms. The van der Waals surface area contributed by atoms with Crippen LogP contribution < -0.4 is 11.1 Å². The molecular formula is C16H25N3O. The van der Waals surface area contributed by atoms with Crippen LogP contribution in [-0.4, -0.2) is 19.1 Å². The zero-order chi connectivity index (χ0) is 15.0. The number of benzene rings is 1. The highest BCUT2D eigenvalue weighted by molar-refractivity contribution is 5.93. The highest BCUT2D eigenvalue weighted by Gasteiger charge is 2.65. The maximum absolute atomic E-state index is 6.05. The summed E-state index contributed by atoms with van der Waals surface area (Å²) in [6, 6.07) is 8.22. The number of nitrogens with one attached hydrogen (secondary N) is 1. The van der Waals surface area contributed by atoms with E-state index in [1.165, 1.54) is 0 Å². The Morgan fingerprint density at radius 2 is 1.85 bits per heavy atom. The summed E-state index contributed by atoms with van der Waals surface area (Å²) in [5.41, 5.74) is 8.47. The smallest absolute Gasteiger partial charge is 0.193 e. The van der Waals surface area contributed by atoms with Gasteiger partial charge in [-0.25, -0.2) is 4.99 Å². The van der Waals surface area contributed by atoms with E-state index in [-0.39, 0.29) is 16.9 Å². The maximum atomic E-state index is 6.05. The maximum Gasteiger partial charge on any atom is 0.193 e. The van der Waals surface area contributed by atoms with Crippen LogP contribution in [0, 0.1) is 10.8 Å². The van der Waals surface area contributed by atoms with Crippen LogP contribution >= 0.6 is 0 Å². The summed E-state index contributed by atoms with van der Waals surface area (Å²) in [5.74, 6) is 0.470. The van der Waals surface area contributed by atoms with Gasteiger partial charge in [-0.1, -0.05) is 45.9 Å². The minimum Gasteiger partial charge on any atom is -0.380 e. The standard InChI is InChI=1S/C16H25N3O/c1-15(2)13(16(15,3)4)19-14(17)18-12-9-7-6-8-11(12)10-20-5/h6-9,13H,10H2,1-5H3,(H3,17,18,19). The summed E-state index contributed by atoms with van der Waals surface area (Å²) in [6.45, 7) is 9.47. The first-order valence-electron chi connectivity index (χ1n) is 6.98. The van der Waals surface area contributed by atoms with Crippen LogP contribution in [0.4, 0.5) is 5.69 Å². The molecule has 1 aliphatic rings. The van der Waals surface area contributed by atoms with Crippen molar-refractivity contribution in [2.45, 2.75) is 40.3 Å². The van der Waals surface area contributed by atoms with Gasteiger partial charge in [-0.15, -0.1) is 0 Å². The first-order valence-corrected chi connectivity index (χ1v) is 6.98. The monoisotopic (exact) mass is 275 g/mol. The lowest BCUT2D eigenvalue weighted by Crippen LogP contribution is -2.24. The topological polar surface area (TPSA) is 59.6 Å². The van der Waals surface area contributed by atoms with Crippen molar-refractivity contribution < 1.29 is 4.74 Å². The Bertz CT molecular complexity index is 506. The fraction of sp³-hybridized carbons (Fsp3) is 0.562. The van der Waals surface area contributed by atoms with Gasteiger partial charge in [0.05, 0.1) is 12.6 Å². The van der Waals surface area contributed by atoms with Crippen molar-refractivity contribution in [1.82, 2.24) is 0 Å². The van der Waals surface area contributed by atoms with E-state index in [1.807, 2.05) is 24.3 Å². The van der Waals surface area contributed by atoms with Crippen molar-refractivity contribution in [2.24, 2.45) is 21.6 Å². The van der Waals surface area contributed by atoms with Crippen molar-refractivity contribution in [1.29, 1.82) is 0 Å². The Balaban J connectivity index is 2.11. The van der Waals surface area contributed by atoms with Crippen LogP contribution in [-0.2, 0) is 11.3 Å². The lowest BCUT2D eigenvalue weighted by molar-refractivity contribution is 0.185. The van der Waals surface area contributed by atoms with E-state index in [1.54, 1.807) is 7.11 Å². The molecular weight excluding hydrogens is 250 g/mol. The minimum absolute atomic E-state index is 0.200. The first kappa shape index (κ1) is 14.9. The average Bonchev–Trinajstić information content (AvgIpc) is 2.74. The van der Waals surface area contributed by atoms with Gasteiger partial charge < -0.3 is 15.8 Å². The molecule has 0 aromatic heterocycles. The Labute approximate surface area is 121 Å². The fourth-order valence-corrected chi connectivity index (χ4v) is 2.72. The molecule has 1 aromatic carbocycles. The number of nitrogens with two attached hydrogens (primary N) is 1. The second-order valence-electron chi connectivity index (χ2n) is 6.58. The number of para-hydroxylation sites is 1. The Hall–Kier alpha value is -1.55. The van der Waals surface area contributed by atoms with E-state index in [0.29, 0.717) is 12.6 Å². The molecule has 0 atom stereocenters. The predicted molar refractivity (Wildman–Crippen MR) is 83.8 cm³/mol. The number of aliphatic imine (C=N–C) groups is 1. The van der Waals surface area contributed by atoms with E-state index in [2.05, 4.69) is 38.0 Å². The van der Waals surface area contributed by atoms with E-state index >= 15 is 0 Å². The lowest BCUT2D eigenvalue weighted by atomic mass is 10.0. The molecule has 4 nitrogen and oxygen atoms in total. The SMILES string of the molecule is COCc1ccccc1NC(N)=NC1C(C)(C)C1(C)C. The summed E-state index contributed by atoms with van der Waals surface area (Å²) in [4.78, 5) is 4.63. The van der Waals surface area contributed by atoms with Gasteiger partial charge in [0.2, 0.25) is 0 Å². The highest BCUT2D eigenvalue weighted by atomic mass is 16.5. The molecule has 1 saturated carbocycles. The molecule has 1 aromatic rings. The molecule has 0 amide bonds. The summed E-state index contributed by atoms with van der Waals surface area (Å²) in [7, 11) is 1.68. The molecule has 0 bridgehead atoms. The van der Waals surface area contributed by atoms with Gasteiger partial charge in [-0.2, -0.15) is 0 Å². The van der Waals surface area contributed by atoms with Crippen LogP contribution in [0.3, 0.4) is 0 Å². The summed E-state index contributed by atoms with van der Waals surface area (Å²) in [6.07, 6.45) is 0. The quantitative estimate of drug-likeness (QED) is 0.656. The van der Waals surface area contributed by atoms with Crippen LogP contribution in [0.2, 0.25) is 0 Å². The Morgan fingerprint density at radius 3 is 2.40 bits per heavy atom. The number of nitrogens with zero attached hydrogens (tertiary/aromatic N) is 1. The molecule has 1 aliphatic carbocycles. The molecule has 0 unspecified atom stereocenters. The Kier molecular flexibility index (Phi) is 3.78. The van der Waals surface area contributed by atoms with Crippen LogP contribution in [0.15, 0.2) is 29.3 Å². The van der Waals surface area contributed by atoms with Crippen molar-refractivity contribution >= 4 is 11.6 Å². The molecule has 110 valence electrons. The lowest BCUT2D eigenvalue weighted by Gasteiger charge is -2.11. The molecule has 20 heavy (non-hydrogen) atoms. The third-order valence-electron chi connectivity index (χ3n) is 4.79. The zero-order valence-corrected chi connectivity index (χ0v) is 13.0. The number of guanidine groups is 1. The predicted octanol–water partition coefficient (Wildman–Crippen LogP) is 2.99. The van der Waals surface area contributed by atoms with E-state index in [9.17, 15) is 0 Å². The molecule has 2 rings (SSSR count). The van der Waals surface area contributed by atoms with Crippen molar-refractivity contribution in [2.75, 3.05) is 12.4 Å². The van der Waals surface area contributed by atoms with Gasteiger partial charge in [0.15, 0.2) is 5.96 Å². The van der Waals surface area contributed by atoms with Crippen LogP contribution in [0.25, 0.3) is 0 Å². The summed E-state index contributed by atoms with van der Waals surface area (Å²) in [5, 5.41) is 3.19. The van der Waals surface area contributed by atoms with Crippen molar-refractivity contribution in [3.05, 3.63) is 29.8 Å². The number of anilines is 1. The third kappa shape index (κ3) is 2.52. The molecule has 0 radical (unpaired) electrons. The second kappa shape index (κ2) is 5.09. The van der Waals surface area contributed by atoms with Gasteiger partial charge in [0.25, 0.3) is 0 Å². The number of methoxy groups -OCH3 is 1. The molecule has 3 N–H and O–H groups in total. The average molecular weight is 275 g/mol. The van der Waals surface area contributed by atoms with Crippen LogP contribution in [0.5, 0.6) is 0 Å². The fourth-order valence-electron chi connectivity index (χ4n) is 2.72. The van der Waals surface area contributed by atoms with Crippen molar-refractivity contribution in [3.8, 4) is 0 Å². The molecule has 0 aliphatic heterocycles. The highest BCUT2D eigenvalue weighted by Crippen LogP contribution is 2.64. The molecule has 0 heterocycles. The molecule has 1 fully saturated rings. The van der Waals surface area contributed by atoms with Gasteiger partial charge in [0.1, 0.15) is 0 Å². The van der Waals surface area contributed by atoms with E-state index in [0.717, 1.165) is 11.3 Å². The Morgan fingerprint density at radius 1 is 1.25 bits per heavy atom. The zero-order valence-electron chi connectivity index (χ0n) is 13.0. The van der Waals surface area contributed by atoms with Crippen molar-refractivity contribution in [3.63, 3.8) is 0 Å². The molecule has 4 heteroatoms. The third-order valence-corrected chi connectivity index (χ3v) is 4.79. The van der Waals surface area contributed by atoms with Gasteiger partial charge >= 0.3 is 0 Å². The summed E-state index contributed by atoms with van der Waals surface area (Å²) >= 11 is 0. The number of hydrogen-bond donors (Lipinski definition) is 2. The minimum atomic E-state index is 0.200. The van der Waals surface area contributed by atoms with Gasteiger partial charge in [-0.3, -0.25) is 0 Å². The molecule has 0 saturated heterocycles. The van der Waals surface area contributed by atoms with Gasteiger partial charge in [0, 0.05) is 18.4 Å². The largest absolute Gasteiger partial charge is 0.380 e. The first-order chi connectivity index (χ1) is 9.30. The van der Waals surface area contributed by atoms with Gasteiger partial charge in [-0.05, 0) is 16.9 Å². The van der Waals surface area contributed by atoms with E-state index in [4.69, 9.17) is 10.5 Å². The second-order valence-corrected chi connectivity index (χ2v) is 6.58. The normalized spacial score (nSPS) is 20.8. The summed E-state index contributed by atoms with van der Waals surface area (Å²) < 4.78 is 5.19. The van der Waals surface area contributed by atoms with E-state index < -0.39 is 0 Å². The van der Waals surface area contributed by atoms with Crippen LogP contribution in [0.1, 0.15) is 33.3 Å².